The number of nitrogens with two attached hydrogens (primary N) is 1. The Morgan fingerprint density at radius 1 is 1.15 bits per heavy atom. The first-order valence-electron chi connectivity index (χ1n) is 7.93. The number of carbonyl (C=O) groups is 2. The van der Waals surface area contributed by atoms with Gasteiger partial charge in [0.1, 0.15) is 11.4 Å². The molecule has 3 N–H and O–H groups in total. The number of para-hydroxylation sites is 1. The average Bonchev–Trinajstić information content (AvgIpc) is 2.67. The van der Waals surface area contributed by atoms with Crippen LogP contribution in [0.4, 0.5) is 5.69 Å². The number of nitrogens with zero attached hydrogens (tertiary/aromatic N) is 3. The Hall–Kier alpha value is -3.88. The fraction of sp³-hybridized carbons (Fsp3) is 0.111. The van der Waals surface area contributed by atoms with Crippen LogP contribution < -0.4 is 15.8 Å². The van der Waals surface area contributed by atoms with Crippen molar-refractivity contribution in [2.75, 3.05) is 6.54 Å². The van der Waals surface area contributed by atoms with Crippen LogP contribution in [0.1, 0.15) is 16.2 Å². The zero-order valence-corrected chi connectivity index (χ0v) is 14.3. The smallest absolute Gasteiger partial charge is 0.272 e. The zero-order chi connectivity index (χ0) is 19.4. The van der Waals surface area contributed by atoms with Crippen molar-refractivity contribution in [2.45, 2.75) is 6.92 Å². The van der Waals surface area contributed by atoms with Crippen molar-refractivity contribution in [1.82, 2.24) is 15.3 Å². The maximum Gasteiger partial charge on any atom is 0.272 e. The van der Waals surface area contributed by atoms with E-state index in [1.54, 1.807) is 31.2 Å². The SMILES string of the molecule is Cc1nc(C(=O)NCC(N)=O)c(N=O)c2ccc(Oc3ccccc3)nc12. The average molecular weight is 365 g/mol. The van der Waals surface area contributed by atoms with E-state index in [0.29, 0.717) is 28.2 Å². The third-order valence-electron chi connectivity index (χ3n) is 3.67. The van der Waals surface area contributed by atoms with Crippen LogP contribution >= 0.6 is 0 Å². The summed E-state index contributed by atoms with van der Waals surface area (Å²) in [5.41, 5.74) is 5.42. The van der Waals surface area contributed by atoms with Gasteiger partial charge in [0.25, 0.3) is 5.91 Å². The second kappa shape index (κ2) is 7.56. The predicted octanol–water partition coefficient (Wildman–Crippen LogP) is 2.34. The maximum atomic E-state index is 12.2. The van der Waals surface area contributed by atoms with Crippen LogP contribution in [-0.2, 0) is 4.79 Å². The van der Waals surface area contributed by atoms with Crippen molar-refractivity contribution >= 4 is 28.4 Å². The standard InChI is InChI=1S/C18H15N5O4/c1-10-15-12(7-8-14(22-15)27-11-5-3-2-4-6-11)16(23-26)17(21-10)18(25)20-9-13(19)24/h2-8H,9H2,1H3,(H2,19,24)(H,20,25). The van der Waals surface area contributed by atoms with Gasteiger partial charge in [-0.3, -0.25) is 9.59 Å². The van der Waals surface area contributed by atoms with E-state index in [1.165, 1.54) is 0 Å². The van der Waals surface area contributed by atoms with Crippen molar-refractivity contribution in [3.63, 3.8) is 0 Å². The number of carbonyl (C=O) groups excluding carboxylic acids is 2. The molecule has 9 heteroatoms. The molecule has 1 aromatic carbocycles. The monoisotopic (exact) mass is 365 g/mol. The minimum Gasteiger partial charge on any atom is -0.439 e. The van der Waals surface area contributed by atoms with Crippen LogP contribution in [0.2, 0.25) is 0 Å². The zero-order valence-electron chi connectivity index (χ0n) is 14.3. The molecule has 0 unspecified atom stereocenters. The highest BCUT2D eigenvalue weighted by atomic mass is 16.5. The van der Waals surface area contributed by atoms with Gasteiger partial charge >= 0.3 is 0 Å². The molecule has 2 aromatic heterocycles. The molecule has 3 aromatic rings. The highest BCUT2D eigenvalue weighted by Gasteiger charge is 2.20. The molecule has 0 saturated carbocycles. The van der Waals surface area contributed by atoms with Gasteiger partial charge in [-0.25, -0.2) is 9.97 Å². The van der Waals surface area contributed by atoms with Crippen molar-refractivity contribution in [3.8, 4) is 11.6 Å². The van der Waals surface area contributed by atoms with Gasteiger partial charge in [-0.15, -0.1) is 4.91 Å². The number of nitrogens with one attached hydrogen (secondary N) is 1. The molecule has 2 heterocycles. The van der Waals surface area contributed by atoms with E-state index in [2.05, 4.69) is 20.5 Å². The summed E-state index contributed by atoms with van der Waals surface area (Å²) in [4.78, 5) is 42.9. The number of fused-ring (bicyclic) bond motifs is 1. The first-order valence-corrected chi connectivity index (χ1v) is 7.93. The molecule has 0 aliphatic rings. The summed E-state index contributed by atoms with van der Waals surface area (Å²) in [5, 5.41) is 5.57. The molecule has 0 bridgehead atoms. The minimum atomic E-state index is -0.724. The molecule has 0 saturated heterocycles. The van der Waals surface area contributed by atoms with Gasteiger partial charge in [-0.1, -0.05) is 18.2 Å². The van der Waals surface area contributed by atoms with E-state index >= 15 is 0 Å². The first-order chi connectivity index (χ1) is 13.0. The molecule has 0 spiro atoms. The second-order valence-electron chi connectivity index (χ2n) is 5.60. The highest BCUT2D eigenvalue weighted by Crippen LogP contribution is 2.32. The number of hydrogen-bond acceptors (Lipinski definition) is 7. The van der Waals surface area contributed by atoms with E-state index in [4.69, 9.17) is 10.5 Å². The van der Waals surface area contributed by atoms with Gasteiger partial charge in [0.2, 0.25) is 11.8 Å². The van der Waals surface area contributed by atoms with Crippen molar-refractivity contribution < 1.29 is 14.3 Å². The van der Waals surface area contributed by atoms with Crippen molar-refractivity contribution in [2.24, 2.45) is 10.9 Å². The third-order valence-corrected chi connectivity index (χ3v) is 3.67. The minimum absolute atomic E-state index is 0.170. The van der Waals surface area contributed by atoms with Crippen molar-refractivity contribution in [1.29, 1.82) is 0 Å². The molecule has 9 nitrogen and oxygen atoms in total. The molecule has 3 rings (SSSR count). The molecule has 0 atom stereocenters. The molecule has 0 aliphatic carbocycles. The fourth-order valence-corrected chi connectivity index (χ4v) is 2.48. The summed E-state index contributed by atoms with van der Waals surface area (Å²) in [6, 6.07) is 12.2. The van der Waals surface area contributed by atoms with Crippen LogP contribution in [0.25, 0.3) is 10.9 Å². The molecule has 0 radical (unpaired) electrons. The number of benzene rings is 1. The molecule has 2 amide bonds. The number of pyridine rings is 2. The number of hydrogen-bond donors (Lipinski definition) is 2. The number of aryl methyl sites for hydroxylation is 1. The lowest BCUT2D eigenvalue weighted by molar-refractivity contribution is -0.117. The summed E-state index contributed by atoms with van der Waals surface area (Å²) in [7, 11) is 0. The van der Waals surface area contributed by atoms with Gasteiger partial charge in [0.15, 0.2) is 5.69 Å². The highest BCUT2D eigenvalue weighted by molar-refractivity contribution is 6.06. The number of primary amides is 1. The summed E-state index contributed by atoms with van der Waals surface area (Å²) in [6.07, 6.45) is 0. The van der Waals surface area contributed by atoms with Crippen molar-refractivity contribution in [3.05, 3.63) is 58.8 Å². The summed E-state index contributed by atoms with van der Waals surface area (Å²) in [6.45, 7) is 1.26. The lowest BCUT2D eigenvalue weighted by Gasteiger charge is -2.10. The van der Waals surface area contributed by atoms with Gasteiger partial charge < -0.3 is 15.8 Å². The van der Waals surface area contributed by atoms with Gasteiger partial charge in [0.05, 0.1) is 17.8 Å². The summed E-state index contributed by atoms with van der Waals surface area (Å²) < 4.78 is 5.68. The van der Waals surface area contributed by atoms with E-state index in [1.807, 2.05) is 18.2 Å². The first kappa shape index (κ1) is 17.9. The number of rotatable bonds is 6. The van der Waals surface area contributed by atoms with Crippen LogP contribution in [0.15, 0.2) is 47.6 Å². The number of aromatic nitrogens is 2. The Labute approximate surface area is 153 Å². The van der Waals surface area contributed by atoms with E-state index < -0.39 is 11.8 Å². The van der Waals surface area contributed by atoms with Crippen LogP contribution in [0, 0.1) is 11.8 Å². The lowest BCUT2D eigenvalue weighted by Crippen LogP contribution is -2.33. The largest absolute Gasteiger partial charge is 0.439 e. The van der Waals surface area contributed by atoms with Crippen LogP contribution in [0.5, 0.6) is 11.6 Å². The second-order valence-corrected chi connectivity index (χ2v) is 5.60. The molecule has 27 heavy (non-hydrogen) atoms. The summed E-state index contributed by atoms with van der Waals surface area (Å²) in [5.74, 6) is -0.531. The molecular weight excluding hydrogens is 350 g/mol. The van der Waals surface area contributed by atoms with E-state index in [9.17, 15) is 14.5 Å². The molecular formula is C18H15N5O4. The Bertz CT molecular complexity index is 1040. The number of nitroso groups, excluding NO2 is 1. The topological polar surface area (TPSA) is 137 Å². The Kier molecular flexibility index (Phi) is 5.02. The molecule has 0 aliphatic heterocycles. The van der Waals surface area contributed by atoms with Gasteiger partial charge in [0, 0.05) is 11.5 Å². The Morgan fingerprint density at radius 2 is 1.89 bits per heavy atom. The van der Waals surface area contributed by atoms with Crippen LogP contribution in [0.3, 0.4) is 0 Å². The fourth-order valence-electron chi connectivity index (χ4n) is 2.48. The molecule has 136 valence electrons. The predicted molar refractivity (Wildman–Crippen MR) is 97.8 cm³/mol. The third kappa shape index (κ3) is 3.87. The Morgan fingerprint density at radius 3 is 2.56 bits per heavy atom. The normalized spacial score (nSPS) is 10.4. The lowest BCUT2D eigenvalue weighted by atomic mass is 10.1. The summed E-state index contributed by atoms with van der Waals surface area (Å²) >= 11 is 0. The van der Waals surface area contributed by atoms with Gasteiger partial charge in [-0.05, 0) is 30.3 Å². The number of ether oxygens (including phenoxy) is 1. The molecule has 0 fully saturated rings. The van der Waals surface area contributed by atoms with E-state index in [0.717, 1.165) is 0 Å². The van der Waals surface area contributed by atoms with Crippen LogP contribution in [-0.4, -0.2) is 28.3 Å². The maximum absolute atomic E-state index is 12.2. The van der Waals surface area contributed by atoms with Gasteiger partial charge in [-0.2, -0.15) is 0 Å². The van der Waals surface area contributed by atoms with E-state index in [-0.39, 0.29) is 17.9 Å². The quantitative estimate of drug-likeness (QED) is 0.643. The Balaban J connectivity index is 2.02. The number of amides is 2.